The molecular formula is C16H25IN6. The summed E-state index contributed by atoms with van der Waals surface area (Å²) in [6.07, 6.45) is 12.0. The van der Waals surface area contributed by atoms with E-state index < -0.39 is 0 Å². The first-order valence-electron chi connectivity index (χ1n) is 7.76. The zero-order valence-electron chi connectivity index (χ0n) is 13.5. The Morgan fingerprint density at radius 1 is 1.30 bits per heavy atom. The Bertz CT molecular complexity index is 565. The lowest BCUT2D eigenvalue weighted by Gasteiger charge is -2.06. The summed E-state index contributed by atoms with van der Waals surface area (Å²) in [5.74, 6) is 1.34. The summed E-state index contributed by atoms with van der Waals surface area (Å²) in [6, 6.07) is 3.95. The van der Waals surface area contributed by atoms with E-state index in [-0.39, 0.29) is 24.0 Å². The summed E-state index contributed by atoms with van der Waals surface area (Å²) >= 11 is 0. The molecule has 3 N–H and O–H groups in total. The fourth-order valence-electron chi connectivity index (χ4n) is 2.06. The van der Waals surface area contributed by atoms with Crippen molar-refractivity contribution in [2.24, 2.45) is 10.7 Å². The number of rotatable bonds is 8. The molecule has 0 amide bonds. The van der Waals surface area contributed by atoms with E-state index in [2.05, 4.69) is 27.2 Å². The van der Waals surface area contributed by atoms with Gasteiger partial charge in [-0.1, -0.05) is 32.3 Å². The van der Waals surface area contributed by atoms with Crippen LogP contribution in [0.1, 0.15) is 38.2 Å². The number of hydrogen-bond acceptors (Lipinski definition) is 3. The maximum absolute atomic E-state index is 5.85. The highest BCUT2D eigenvalue weighted by atomic mass is 127. The van der Waals surface area contributed by atoms with Gasteiger partial charge in [0.05, 0.1) is 6.54 Å². The fourth-order valence-corrected chi connectivity index (χ4v) is 2.06. The normalized spacial score (nSPS) is 11.1. The van der Waals surface area contributed by atoms with Gasteiger partial charge in [-0.3, -0.25) is 4.57 Å². The fraction of sp³-hybridized carbons (Fsp3) is 0.438. The third kappa shape index (κ3) is 6.98. The zero-order chi connectivity index (χ0) is 15.6. The number of nitrogens with two attached hydrogens (primary N) is 1. The Morgan fingerprint density at radius 3 is 2.83 bits per heavy atom. The van der Waals surface area contributed by atoms with E-state index in [1.165, 1.54) is 19.3 Å². The molecule has 6 nitrogen and oxygen atoms in total. The summed E-state index contributed by atoms with van der Waals surface area (Å²) in [4.78, 5) is 12.7. The Balaban J connectivity index is 0.00000264. The largest absolute Gasteiger partial charge is 0.370 e. The van der Waals surface area contributed by atoms with Crippen LogP contribution < -0.4 is 11.1 Å². The molecular weight excluding hydrogens is 403 g/mol. The molecule has 0 atom stereocenters. The number of nitrogens with zero attached hydrogens (tertiary/aromatic N) is 4. The van der Waals surface area contributed by atoms with Gasteiger partial charge in [0.1, 0.15) is 12.1 Å². The second-order valence-electron chi connectivity index (χ2n) is 5.18. The number of pyridine rings is 1. The van der Waals surface area contributed by atoms with E-state index in [1.807, 2.05) is 29.1 Å². The van der Waals surface area contributed by atoms with Crippen molar-refractivity contribution in [1.29, 1.82) is 0 Å². The standard InChI is InChI=1S/C16H24N6.HI/c1-2-3-4-5-8-19-16(17)21-12-14-6-7-15(20-11-14)22-10-9-18-13-22;/h6-7,9-11,13H,2-5,8,12H2,1H3,(H3,17,19,21);1H. The summed E-state index contributed by atoms with van der Waals surface area (Å²) in [7, 11) is 0. The smallest absolute Gasteiger partial charge is 0.188 e. The number of imidazole rings is 1. The van der Waals surface area contributed by atoms with Gasteiger partial charge in [0.25, 0.3) is 0 Å². The Morgan fingerprint density at radius 2 is 2.17 bits per heavy atom. The Hall–Kier alpha value is -1.64. The van der Waals surface area contributed by atoms with Crippen LogP contribution in [0.5, 0.6) is 0 Å². The van der Waals surface area contributed by atoms with Crippen LogP contribution in [0.15, 0.2) is 42.0 Å². The molecule has 0 radical (unpaired) electrons. The van der Waals surface area contributed by atoms with Crippen LogP contribution >= 0.6 is 24.0 Å². The van der Waals surface area contributed by atoms with Gasteiger partial charge < -0.3 is 11.1 Å². The Kier molecular flexibility index (Phi) is 9.27. The van der Waals surface area contributed by atoms with Gasteiger partial charge in [0.15, 0.2) is 5.96 Å². The number of aromatic nitrogens is 3. The highest BCUT2D eigenvalue weighted by Gasteiger charge is 1.98. The van der Waals surface area contributed by atoms with Crippen LogP contribution in [0.25, 0.3) is 5.82 Å². The first-order valence-corrected chi connectivity index (χ1v) is 7.76. The zero-order valence-corrected chi connectivity index (χ0v) is 15.8. The van der Waals surface area contributed by atoms with E-state index in [4.69, 9.17) is 5.73 Å². The summed E-state index contributed by atoms with van der Waals surface area (Å²) < 4.78 is 1.86. The molecule has 2 aromatic heterocycles. The minimum atomic E-state index is 0. The second kappa shape index (κ2) is 11.0. The molecule has 0 bridgehead atoms. The molecule has 0 aliphatic heterocycles. The highest BCUT2D eigenvalue weighted by Crippen LogP contribution is 2.06. The number of unbranched alkanes of at least 4 members (excludes halogenated alkanes) is 3. The van der Waals surface area contributed by atoms with Crippen molar-refractivity contribution < 1.29 is 0 Å². The molecule has 0 saturated carbocycles. The van der Waals surface area contributed by atoms with Gasteiger partial charge in [-0.05, 0) is 18.1 Å². The molecule has 0 aliphatic carbocycles. The van der Waals surface area contributed by atoms with E-state index in [0.717, 1.165) is 24.3 Å². The molecule has 126 valence electrons. The van der Waals surface area contributed by atoms with Crippen LogP contribution in [-0.2, 0) is 6.54 Å². The van der Waals surface area contributed by atoms with Crippen molar-refractivity contribution in [2.45, 2.75) is 39.2 Å². The third-order valence-electron chi connectivity index (χ3n) is 3.35. The topological polar surface area (TPSA) is 81.1 Å². The van der Waals surface area contributed by atoms with E-state index in [0.29, 0.717) is 12.5 Å². The van der Waals surface area contributed by atoms with Crippen LogP contribution in [0.3, 0.4) is 0 Å². The Labute approximate surface area is 154 Å². The van der Waals surface area contributed by atoms with Crippen molar-refractivity contribution in [1.82, 2.24) is 19.9 Å². The summed E-state index contributed by atoms with van der Waals surface area (Å²) in [5.41, 5.74) is 6.88. The number of halogens is 1. The molecule has 0 spiro atoms. The van der Waals surface area contributed by atoms with Crippen LogP contribution in [0.4, 0.5) is 0 Å². The van der Waals surface area contributed by atoms with Crippen LogP contribution in [0, 0.1) is 0 Å². The minimum Gasteiger partial charge on any atom is -0.370 e. The van der Waals surface area contributed by atoms with E-state index in [9.17, 15) is 0 Å². The maximum atomic E-state index is 5.85. The van der Waals surface area contributed by atoms with Gasteiger partial charge in [-0.2, -0.15) is 0 Å². The molecule has 0 aromatic carbocycles. The number of aliphatic imine (C=N–C) groups is 1. The van der Waals surface area contributed by atoms with Crippen LogP contribution in [0.2, 0.25) is 0 Å². The van der Waals surface area contributed by atoms with Gasteiger partial charge >= 0.3 is 0 Å². The SMILES string of the molecule is CCCCCCNC(N)=NCc1ccc(-n2ccnc2)nc1.I. The highest BCUT2D eigenvalue weighted by molar-refractivity contribution is 14.0. The minimum absolute atomic E-state index is 0. The van der Waals surface area contributed by atoms with Gasteiger partial charge in [-0.25, -0.2) is 15.0 Å². The lowest BCUT2D eigenvalue weighted by molar-refractivity contribution is 0.652. The molecule has 0 fully saturated rings. The first-order chi connectivity index (χ1) is 10.8. The molecule has 0 saturated heterocycles. The van der Waals surface area contributed by atoms with Crippen molar-refractivity contribution >= 4 is 29.9 Å². The van der Waals surface area contributed by atoms with Gasteiger partial charge in [-0.15, -0.1) is 24.0 Å². The maximum Gasteiger partial charge on any atom is 0.188 e. The number of nitrogens with one attached hydrogen (secondary N) is 1. The summed E-state index contributed by atoms with van der Waals surface area (Å²) in [5, 5.41) is 3.14. The van der Waals surface area contributed by atoms with E-state index >= 15 is 0 Å². The number of hydrogen-bond donors (Lipinski definition) is 2. The lowest BCUT2D eigenvalue weighted by Crippen LogP contribution is -2.32. The molecule has 0 unspecified atom stereocenters. The molecule has 7 heteroatoms. The molecule has 2 heterocycles. The second-order valence-corrected chi connectivity index (χ2v) is 5.18. The monoisotopic (exact) mass is 428 g/mol. The molecule has 2 rings (SSSR count). The van der Waals surface area contributed by atoms with Crippen molar-refractivity contribution in [2.75, 3.05) is 6.54 Å². The van der Waals surface area contributed by atoms with Gasteiger partial charge in [0.2, 0.25) is 0 Å². The predicted octanol–water partition coefficient (Wildman–Crippen LogP) is 2.87. The number of guanidine groups is 1. The average Bonchev–Trinajstić information content (AvgIpc) is 3.08. The molecule has 0 aliphatic rings. The molecule has 23 heavy (non-hydrogen) atoms. The first kappa shape index (κ1) is 19.4. The van der Waals surface area contributed by atoms with Crippen molar-refractivity contribution in [3.63, 3.8) is 0 Å². The average molecular weight is 428 g/mol. The van der Waals surface area contributed by atoms with Crippen LogP contribution in [-0.4, -0.2) is 27.0 Å². The summed E-state index contributed by atoms with van der Waals surface area (Å²) in [6.45, 7) is 3.62. The van der Waals surface area contributed by atoms with Gasteiger partial charge in [0, 0.05) is 25.1 Å². The van der Waals surface area contributed by atoms with Crippen molar-refractivity contribution in [3.05, 3.63) is 42.6 Å². The predicted molar refractivity (Wildman–Crippen MR) is 104 cm³/mol. The third-order valence-corrected chi connectivity index (χ3v) is 3.35. The quantitative estimate of drug-likeness (QED) is 0.293. The molecule has 2 aromatic rings. The lowest BCUT2D eigenvalue weighted by atomic mass is 10.2. The van der Waals surface area contributed by atoms with E-state index in [1.54, 1.807) is 12.5 Å². The van der Waals surface area contributed by atoms with Crippen molar-refractivity contribution in [3.8, 4) is 5.82 Å².